The second-order valence-corrected chi connectivity index (χ2v) is 2.69. The van der Waals surface area contributed by atoms with Gasteiger partial charge in [0.05, 0.1) is 0 Å². The topological polar surface area (TPSA) is 48.0 Å². The van der Waals surface area contributed by atoms with E-state index in [1.165, 1.54) is 11.5 Å². The Kier molecular flexibility index (Phi) is 1.72. The number of carbonyl (C=O) groups excluding carboxylic acids is 1. The molecule has 0 saturated carbocycles. The van der Waals surface area contributed by atoms with Gasteiger partial charge in [-0.1, -0.05) is 0 Å². The summed E-state index contributed by atoms with van der Waals surface area (Å²) >= 11 is 0. The lowest BCUT2D eigenvalue weighted by molar-refractivity contribution is 0.0937. The second kappa shape index (κ2) is 2.42. The highest BCUT2D eigenvalue weighted by atomic mass is 16.1. The number of hydrogen-bond donors (Lipinski definition) is 1. The Balaban J connectivity index is 3.34. The number of anilines is 1. The first-order chi connectivity index (χ1) is 5.04. The zero-order chi connectivity index (χ0) is 8.59. The van der Waals surface area contributed by atoms with E-state index in [-0.39, 0.29) is 5.91 Å². The minimum absolute atomic E-state index is 0.0342. The van der Waals surface area contributed by atoms with Crippen molar-refractivity contribution in [3.05, 3.63) is 17.3 Å². The molecule has 0 spiro atoms. The molecule has 1 aromatic heterocycles. The summed E-state index contributed by atoms with van der Waals surface area (Å²) < 4.78 is 1.51. The lowest BCUT2D eigenvalue weighted by Crippen LogP contribution is -2.10. The van der Waals surface area contributed by atoms with Gasteiger partial charge in [-0.25, -0.2) is 0 Å². The molecule has 0 atom stereocenters. The van der Waals surface area contributed by atoms with Crippen LogP contribution in [0.15, 0.2) is 6.07 Å². The number of carbonyl (C=O) groups is 1. The minimum atomic E-state index is -0.0342. The van der Waals surface area contributed by atoms with E-state index in [9.17, 15) is 4.79 Å². The Hall–Kier alpha value is -1.25. The highest BCUT2D eigenvalue weighted by Gasteiger charge is 2.08. The first-order valence-electron chi connectivity index (χ1n) is 3.49. The van der Waals surface area contributed by atoms with Crippen LogP contribution in [-0.4, -0.2) is 10.5 Å². The average molecular weight is 152 g/mol. The van der Waals surface area contributed by atoms with Crippen molar-refractivity contribution in [2.75, 3.05) is 5.73 Å². The summed E-state index contributed by atoms with van der Waals surface area (Å²) in [6.45, 7) is 5.32. The van der Waals surface area contributed by atoms with Crippen LogP contribution in [0.3, 0.4) is 0 Å². The molecule has 3 nitrogen and oxygen atoms in total. The van der Waals surface area contributed by atoms with Gasteiger partial charge in [0.25, 0.3) is 0 Å². The number of rotatable bonds is 0. The third kappa shape index (κ3) is 1.13. The smallest absolute Gasteiger partial charge is 0.229 e. The number of aryl methyl sites for hydroxylation is 1. The van der Waals surface area contributed by atoms with Crippen LogP contribution in [0.25, 0.3) is 0 Å². The normalized spacial score (nSPS) is 10.1. The predicted octanol–water partition coefficient (Wildman–Crippen LogP) is 1.35. The van der Waals surface area contributed by atoms with E-state index in [1.807, 2.05) is 13.8 Å². The van der Waals surface area contributed by atoms with Gasteiger partial charge in [-0.3, -0.25) is 9.36 Å². The number of nitrogens with zero attached hydrogens (tertiary/aromatic N) is 1. The van der Waals surface area contributed by atoms with Gasteiger partial charge in [0.1, 0.15) is 5.82 Å². The lowest BCUT2D eigenvalue weighted by atomic mass is 10.3. The van der Waals surface area contributed by atoms with E-state index >= 15 is 0 Å². The molecule has 0 aliphatic heterocycles. The van der Waals surface area contributed by atoms with Gasteiger partial charge >= 0.3 is 0 Å². The van der Waals surface area contributed by atoms with Crippen LogP contribution in [0.1, 0.15) is 23.0 Å². The fourth-order valence-electron chi connectivity index (χ4n) is 1.18. The van der Waals surface area contributed by atoms with Gasteiger partial charge in [-0.05, 0) is 25.5 Å². The maximum absolute atomic E-state index is 11.0. The zero-order valence-corrected chi connectivity index (χ0v) is 7.01. The Bertz CT molecular complexity index is 299. The molecule has 0 fully saturated rings. The van der Waals surface area contributed by atoms with E-state index < -0.39 is 0 Å². The highest BCUT2D eigenvalue weighted by molar-refractivity contribution is 5.81. The number of hydrogen-bond acceptors (Lipinski definition) is 2. The van der Waals surface area contributed by atoms with Gasteiger partial charge in [-0.2, -0.15) is 0 Å². The van der Waals surface area contributed by atoms with E-state index in [0.717, 1.165) is 11.3 Å². The second-order valence-electron chi connectivity index (χ2n) is 2.69. The van der Waals surface area contributed by atoms with Gasteiger partial charge in [0, 0.05) is 12.6 Å². The van der Waals surface area contributed by atoms with Gasteiger partial charge in [0.15, 0.2) is 0 Å². The quantitative estimate of drug-likeness (QED) is 0.610. The van der Waals surface area contributed by atoms with Crippen LogP contribution >= 0.6 is 0 Å². The third-order valence-electron chi connectivity index (χ3n) is 1.84. The molecule has 0 aliphatic rings. The van der Waals surface area contributed by atoms with Gasteiger partial charge in [0.2, 0.25) is 5.91 Å². The molecule has 0 amide bonds. The van der Waals surface area contributed by atoms with Crippen LogP contribution in [0.5, 0.6) is 0 Å². The summed E-state index contributed by atoms with van der Waals surface area (Å²) in [6, 6.07) is 1.80. The molecule has 2 N–H and O–H groups in total. The van der Waals surface area contributed by atoms with Crippen LogP contribution in [0, 0.1) is 13.8 Å². The van der Waals surface area contributed by atoms with Crippen molar-refractivity contribution >= 4 is 11.7 Å². The Morgan fingerprint density at radius 2 is 2.09 bits per heavy atom. The van der Waals surface area contributed by atoms with E-state index in [0.29, 0.717) is 5.82 Å². The van der Waals surface area contributed by atoms with Crippen molar-refractivity contribution in [3.8, 4) is 0 Å². The van der Waals surface area contributed by atoms with Crippen LogP contribution in [0.4, 0.5) is 5.82 Å². The van der Waals surface area contributed by atoms with E-state index in [1.54, 1.807) is 6.07 Å². The maximum atomic E-state index is 11.0. The van der Waals surface area contributed by atoms with Crippen molar-refractivity contribution in [2.24, 2.45) is 0 Å². The van der Waals surface area contributed by atoms with Crippen LogP contribution < -0.4 is 5.73 Å². The summed E-state index contributed by atoms with van der Waals surface area (Å²) in [5, 5.41) is 0. The molecule has 0 radical (unpaired) electrons. The maximum Gasteiger partial charge on any atom is 0.229 e. The summed E-state index contributed by atoms with van der Waals surface area (Å²) in [5.41, 5.74) is 7.56. The SMILES string of the molecule is CC(=O)n1c(N)cc(C)c1C. The first kappa shape index (κ1) is 7.85. The van der Waals surface area contributed by atoms with Gasteiger partial charge in [-0.15, -0.1) is 0 Å². The molecule has 0 bridgehead atoms. The molecule has 1 rings (SSSR count). The first-order valence-corrected chi connectivity index (χ1v) is 3.49. The average Bonchev–Trinajstić information content (AvgIpc) is 2.07. The highest BCUT2D eigenvalue weighted by Crippen LogP contribution is 2.15. The van der Waals surface area contributed by atoms with Crippen molar-refractivity contribution < 1.29 is 4.79 Å². The number of aromatic nitrogens is 1. The Morgan fingerprint density at radius 3 is 2.27 bits per heavy atom. The number of nitrogen functional groups attached to an aromatic ring is 1. The summed E-state index contributed by atoms with van der Waals surface area (Å²) in [6.07, 6.45) is 0. The fourth-order valence-corrected chi connectivity index (χ4v) is 1.18. The number of nitrogens with two attached hydrogens (primary N) is 1. The molecule has 0 aliphatic carbocycles. The standard InChI is InChI=1S/C8H12N2O/c1-5-4-8(9)10(6(5)2)7(3)11/h4H,9H2,1-3H3. The predicted molar refractivity (Wildman–Crippen MR) is 44.6 cm³/mol. The molecule has 1 heterocycles. The molecule has 0 saturated heterocycles. The van der Waals surface area contributed by atoms with Crippen molar-refractivity contribution in [1.82, 2.24) is 4.57 Å². The molecular formula is C8H12N2O. The fraction of sp³-hybridized carbons (Fsp3) is 0.375. The molecular weight excluding hydrogens is 140 g/mol. The largest absolute Gasteiger partial charge is 0.385 e. The Labute approximate surface area is 65.8 Å². The van der Waals surface area contributed by atoms with Crippen LogP contribution in [0.2, 0.25) is 0 Å². The van der Waals surface area contributed by atoms with Crippen molar-refractivity contribution in [2.45, 2.75) is 20.8 Å². The zero-order valence-electron chi connectivity index (χ0n) is 7.01. The molecule has 0 unspecified atom stereocenters. The molecule has 1 aromatic rings. The van der Waals surface area contributed by atoms with Gasteiger partial charge < -0.3 is 5.73 Å². The van der Waals surface area contributed by atoms with Crippen LogP contribution in [-0.2, 0) is 0 Å². The molecule has 3 heteroatoms. The Morgan fingerprint density at radius 1 is 1.55 bits per heavy atom. The van der Waals surface area contributed by atoms with Crippen molar-refractivity contribution in [3.63, 3.8) is 0 Å². The van der Waals surface area contributed by atoms with Crippen molar-refractivity contribution in [1.29, 1.82) is 0 Å². The third-order valence-corrected chi connectivity index (χ3v) is 1.84. The monoisotopic (exact) mass is 152 g/mol. The van der Waals surface area contributed by atoms with E-state index in [2.05, 4.69) is 0 Å². The molecule has 60 valence electrons. The summed E-state index contributed by atoms with van der Waals surface area (Å²) in [4.78, 5) is 11.0. The summed E-state index contributed by atoms with van der Waals surface area (Å²) in [5.74, 6) is 0.487. The molecule has 11 heavy (non-hydrogen) atoms. The van der Waals surface area contributed by atoms with E-state index in [4.69, 9.17) is 5.73 Å². The minimum Gasteiger partial charge on any atom is -0.385 e. The summed E-state index contributed by atoms with van der Waals surface area (Å²) in [7, 11) is 0. The molecule has 0 aromatic carbocycles. The lowest BCUT2D eigenvalue weighted by Gasteiger charge is -2.01.